The third kappa shape index (κ3) is 4.20. The average molecular weight is 439 g/mol. The number of thioether (sulfide) groups is 1. The predicted molar refractivity (Wildman–Crippen MR) is 113 cm³/mol. The van der Waals surface area contributed by atoms with E-state index < -0.39 is 0 Å². The minimum atomic E-state index is -0.132. The summed E-state index contributed by atoms with van der Waals surface area (Å²) in [7, 11) is 0. The standard InChI is InChI=1S/C21H22N6O3S/c28-18(25-8-10-26(11-9-25)20(29)17-4-2-12-30-17)14-31-21-24-23-19(27(21)16-5-6-16)15-3-1-7-22-13-15/h1-4,7,12-13,16H,5-6,8-11,14H2. The van der Waals surface area contributed by atoms with Gasteiger partial charge in [0.2, 0.25) is 5.91 Å². The summed E-state index contributed by atoms with van der Waals surface area (Å²) < 4.78 is 7.32. The SMILES string of the molecule is O=C(CSc1nnc(-c2cccnc2)n1C1CC1)N1CCN(C(=O)c2ccco2)CC1. The lowest BCUT2D eigenvalue weighted by Gasteiger charge is -2.34. The van der Waals surface area contributed by atoms with E-state index in [-0.39, 0.29) is 11.8 Å². The van der Waals surface area contributed by atoms with Crippen LogP contribution in [0.1, 0.15) is 29.4 Å². The van der Waals surface area contributed by atoms with Crippen molar-refractivity contribution in [1.29, 1.82) is 0 Å². The smallest absolute Gasteiger partial charge is 0.289 e. The van der Waals surface area contributed by atoms with Crippen molar-refractivity contribution in [2.45, 2.75) is 24.0 Å². The molecule has 1 aliphatic carbocycles. The molecule has 3 aromatic heterocycles. The second-order valence-electron chi connectivity index (χ2n) is 7.59. The second kappa shape index (κ2) is 8.54. The molecule has 31 heavy (non-hydrogen) atoms. The maximum Gasteiger partial charge on any atom is 0.289 e. The highest BCUT2D eigenvalue weighted by Gasteiger charge is 2.31. The van der Waals surface area contributed by atoms with Gasteiger partial charge in [0.15, 0.2) is 16.7 Å². The zero-order valence-corrected chi connectivity index (χ0v) is 17.7. The molecule has 2 amide bonds. The number of hydrogen-bond acceptors (Lipinski definition) is 7. The van der Waals surface area contributed by atoms with Crippen LogP contribution in [-0.2, 0) is 4.79 Å². The Kier molecular flexibility index (Phi) is 5.46. The normalized spacial score (nSPS) is 16.5. The van der Waals surface area contributed by atoms with E-state index in [2.05, 4.69) is 19.7 Å². The molecule has 160 valence electrons. The zero-order chi connectivity index (χ0) is 21.2. The van der Waals surface area contributed by atoms with Crippen LogP contribution in [0.5, 0.6) is 0 Å². The molecule has 1 saturated carbocycles. The highest BCUT2D eigenvalue weighted by atomic mass is 32.2. The van der Waals surface area contributed by atoms with Gasteiger partial charge in [0.05, 0.1) is 12.0 Å². The number of aromatic nitrogens is 4. The molecular formula is C21H22N6O3S. The van der Waals surface area contributed by atoms with Crippen LogP contribution in [0.3, 0.4) is 0 Å². The van der Waals surface area contributed by atoms with E-state index in [9.17, 15) is 9.59 Å². The molecule has 5 rings (SSSR count). The summed E-state index contributed by atoms with van der Waals surface area (Å²) in [5, 5.41) is 9.48. The van der Waals surface area contributed by atoms with Crippen LogP contribution in [0.2, 0.25) is 0 Å². The Hall–Kier alpha value is -3.14. The number of piperazine rings is 1. The van der Waals surface area contributed by atoms with Gasteiger partial charge in [-0.05, 0) is 37.1 Å². The third-order valence-corrected chi connectivity index (χ3v) is 6.40. The maximum absolute atomic E-state index is 12.8. The first-order valence-electron chi connectivity index (χ1n) is 10.3. The molecule has 10 heteroatoms. The molecule has 1 aliphatic heterocycles. The lowest BCUT2D eigenvalue weighted by molar-refractivity contribution is -0.129. The van der Waals surface area contributed by atoms with Gasteiger partial charge in [-0.2, -0.15) is 0 Å². The van der Waals surface area contributed by atoms with Gasteiger partial charge in [-0.3, -0.25) is 19.1 Å². The lowest BCUT2D eigenvalue weighted by atomic mass is 10.3. The number of amides is 2. The Morgan fingerprint density at radius 3 is 2.55 bits per heavy atom. The minimum absolute atomic E-state index is 0.0448. The number of rotatable bonds is 6. The van der Waals surface area contributed by atoms with Crippen LogP contribution in [-0.4, -0.2) is 73.3 Å². The Morgan fingerprint density at radius 1 is 1.06 bits per heavy atom. The fourth-order valence-electron chi connectivity index (χ4n) is 3.66. The molecule has 0 radical (unpaired) electrons. The van der Waals surface area contributed by atoms with Gasteiger partial charge in [0.1, 0.15) is 0 Å². The largest absolute Gasteiger partial charge is 0.459 e. The van der Waals surface area contributed by atoms with E-state index in [1.54, 1.807) is 34.3 Å². The highest BCUT2D eigenvalue weighted by molar-refractivity contribution is 7.99. The monoisotopic (exact) mass is 438 g/mol. The topological polar surface area (TPSA) is 97.4 Å². The fraction of sp³-hybridized carbons (Fsp3) is 0.381. The average Bonchev–Trinajstić information content (AvgIpc) is 3.33. The molecule has 0 atom stereocenters. The van der Waals surface area contributed by atoms with Crippen LogP contribution in [0, 0.1) is 0 Å². The molecular weight excluding hydrogens is 416 g/mol. The molecule has 2 fully saturated rings. The molecule has 0 spiro atoms. The van der Waals surface area contributed by atoms with Gasteiger partial charge < -0.3 is 14.2 Å². The highest BCUT2D eigenvalue weighted by Crippen LogP contribution is 2.40. The van der Waals surface area contributed by atoms with Crippen molar-refractivity contribution in [3.8, 4) is 11.4 Å². The van der Waals surface area contributed by atoms with Crippen molar-refractivity contribution in [3.63, 3.8) is 0 Å². The number of pyridine rings is 1. The van der Waals surface area contributed by atoms with Crippen molar-refractivity contribution in [2.75, 3.05) is 31.9 Å². The molecule has 2 aliphatic rings. The zero-order valence-electron chi connectivity index (χ0n) is 16.9. The first-order valence-corrected chi connectivity index (χ1v) is 11.3. The third-order valence-electron chi connectivity index (χ3n) is 5.47. The molecule has 9 nitrogen and oxygen atoms in total. The number of hydrogen-bond donors (Lipinski definition) is 0. The lowest BCUT2D eigenvalue weighted by Crippen LogP contribution is -2.51. The van der Waals surface area contributed by atoms with E-state index in [0.717, 1.165) is 29.4 Å². The molecule has 4 heterocycles. The quantitative estimate of drug-likeness (QED) is 0.545. The van der Waals surface area contributed by atoms with Gasteiger partial charge in [0.25, 0.3) is 5.91 Å². The maximum atomic E-state index is 12.8. The van der Waals surface area contributed by atoms with Crippen LogP contribution in [0.15, 0.2) is 52.5 Å². The second-order valence-corrected chi connectivity index (χ2v) is 8.53. The molecule has 0 N–H and O–H groups in total. The molecule has 0 unspecified atom stereocenters. The summed E-state index contributed by atoms with van der Waals surface area (Å²) in [6.07, 6.45) is 7.20. The van der Waals surface area contributed by atoms with E-state index in [4.69, 9.17) is 4.42 Å². The summed E-state index contributed by atoms with van der Waals surface area (Å²) in [6, 6.07) is 7.60. The van der Waals surface area contributed by atoms with E-state index in [0.29, 0.717) is 43.7 Å². The molecule has 0 aromatic carbocycles. The fourth-order valence-corrected chi connectivity index (χ4v) is 4.57. The summed E-state index contributed by atoms with van der Waals surface area (Å²) in [4.78, 5) is 32.8. The van der Waals surface area contributed by atoms with E-state index in [1.807, 2.05) is 12.1 Å². The Balaban J connectivity index is 1.19. The summed E-state index contributed by atoms with van der Waals surface area (Å²) >= 11 is 1.42. The van der Waals surface area contributed by atoms with E-state index >= 15 is 0 Å². The molecule has 0 bridgehead atoms. The Bertz CT molecular complexity index is 1060. The van der Waals surface area contributed by atoms with Crippen LogP contribution >= 0.6 is 11.8 Å². The number of nitrogens with zero attached hydrogens (tertiary/aromatic N) is 6. The van der Waals surface area contributed by atoms with Gasteiger partial charge in [-0.25, -0.2) is 0 Å². The van der Waals surface area contributed by atoms with Gasteiger partial charge in [-0.1, -0.05) is 11.8 Å². The first kappa shape index (κ1) is 19.8. The van der Waals surface area contributed by atoms with Crippen molar-refractivity contribution in [2.24, 2.45) is 0 Å². The number of carbonyl (C=O) groups excluding carboxylic acids is 2. The number of carbonyl (C=O) groups is 2. The van der Waals surface area contributed by atoms with Crippen LogP contribution in [0.4, 0.5) is 0 Å². The predicted octanol–water partition coefficient (Wildman–Crippen LogP) is 2.34. The van der Waals surface area contributed by atoms with Crippen molar-refractivity contribution in [1.82, 2.24) is 29.5 Å². The first-order chi connectivity index (χ1) is 15.2. The van der Waals surface area contributed by atoms with Crippen molar-refractivity contribution < 1.29 is 14.0 Å². The minimum Gasteiger partial charge on any atom is -0.459 e. The van der Waals surface area contributed by atoms with Gasteiger partial charge in [-0.15, -0.1) is 10.2 Å². The Morgan fingerprint density at radius 2 is 1.87 bits per heavy atom. The summed E-state index contributed by atoms with van der Waals surface area (Å²) in [5.41, 5.74) is 0.928. The van der Waals surface area contributed by atoms with Crippen molar-refractivity contribution in [3.05, 3.63) is 48.7 Å². The Labute approximate surface area is 183 Å². The number of furan rings is 1. The van der Waals surface area contributed by atoms with Crippen LogP contribution < -0.4 is 0 Å². The van der Waals surface area contributed by atoms with Crippen molar-refractivity contribution >= 4 is 23.6 Å². The van der Waals surface area contributed by atoms with Gasteiger partial charge >= 0.3 is 0 Å². The summed E-state index contributed by atoms with van der Waals surface area (Å²) in [5.74, 6) is 1.34. The van der Waals surface area contributed by atoms with Gasteiger partial charge in [0, 0.05) is 50.2 Å². The molecule has 1 saturated heterocycles. The van der Waals surface area contributed by atoms with Crippen LogP contribution in [0.25, 0.3) is 11.4 Å². The molecule has 3 aromatic rings. The van der Waals surface area contributed by atoms with E-state index in [1.165, 1.54) is 18.0 Å². The summed E-state index contributed by atoms with van der Waals surface area (Å²) in [6.45, 7) is 2.03.